The first kappa shape index (κ1) is 13.5. The number of nitrogens with one attached hydrogen (secondary N) is 1. The number of aliphatic hydroxyl groups excluding tert-OH is 1. The smallest absolute Gasteiger partial charge is 0.146 e. The number of pyridine rings is 1. The van der Waals surface area contributed by atoms with Gasteiger partial charge in [-0.1, -0.05) is 19.1 Å². The maximum atomic E-state index is 8.98. The van der Waals surface area contributed by atoms with Crippen molar-refractivity contribution in [3.8, 4) is 11.5 Å². The van der Waals surface area contributed by atoms with Gasteiger partial charge in [-0.25, -0.2) is 0 Å². The zero-order valence-electron chi connectivity index (χ0n) is 11.0. The fraction of sp³-hybridized carbons (Fsp3) is 0.267. The Morgan fingerprint density at radius 3 is 2.58 bits per heavy atom. The molecule has 0 fully saturated rings. The van der Waals surface area contributed by atoms with Crippen LogP contribution in [0.4, 0.5) is 0 Å². The molecule has 0 spiro atoms. The summed E-state index contributed by atoms with van der Waals surface area (Å²) in [6.07, 6.45) is 3.51. The fourth-order valence-corrected chi connectivity index (χ4v) is 1.68. The molecule has 19 heavy (non-hydrogen) atoms. The molecule has 2 N–H and O–H groups in total. The van der Waals surface area contributed by atoms with Gasteiger partial charge in [0, 0.05) is 12.7 Å². The lowest BCUT2D eigenvalue weighted by Crippen LogP contribution is -2.11. The van der Waals surface area contributed by atoms with Crippen LogP contribution in [-0.2, 0) is 13.2 Å². The Morgan fingerprint density at radius 2 is 1.89 bits per heavy atom. The lowest BCUT2D eigenvalue weighted by atomic mass is 10.2. The summed E-state index contributed by atoms with van der Waals surface area (Å²) in [5, 5.41) is 12.2. The van der Waals surface area contributed by atoms with E-state index in [4.69, 9.17) is 9.84 Å². The molecule has 0 amide bonds. The van der Waals surface area contributed by atoms with Crippen LogP contribution in [0.25, 0.3) is 0 Å². The summed E-state index contributed by atoms with van der Waals surface area (Å²) >= 11 is 0. The van der Waals surface area contributed by atoms with Crippen LogP contribution >= 0.6 is 0 Å². The number of rotatable bonds is 6. The second-order valence-electron chi connectivity index (χ2n) is 4.21. The molecule has 2 rings (SSSR count). The Balaban J connectivity index is 2.05. The van der Waals surface area contributed by atoms with Crippen molar-refractivity contribution in [1.82, 2.24) is 10.3 Å². The average Bonchev–Trinajstić information content (AvgIpc) is 2.46. The van der Waals surface area contributed by atoms with E-state index in [9.17, 15) is 0 Å². The van der Waals surface area contributed by atoms with E-state index in [0.29, 0.717) is 5.75 Å². The van der Waals surface area contributed by atoms with Crippen LogP contribution in [0.1, 0.15) is 18.1 Å². The molecule has 0 atom stereocenters. The normalized spacial score (nSPS) is 10.4. The van der Waals surface area contributed by atoms with E-state index in [2.05, 4.69) is 17.2 Å². The van der Waals surface area contributed by atoms with Crippen LogP contribution < -0.4 is 10.1 Å². The standard InChI is InChI=1S/C15H18N2O2/c1-2-16-8-13-7-15(10-17-9-13)19-14-5-3-12(11-18)4-6-14/h3-7,9-10,16,18H,2,8,11H2,1H3. The summed E-state index contributed by atoms with van der Waals surface area (Å²) < 4.78 is 5.73. The van der Waals surface area contributed by atoms with E-state index in [1.165, 1.54) is 0 Å². The summed E-state index contributed by atoms with van der Waals surface area (Å²) in [6.45, 7) is 3.81. The van der Waals surface area contributed by atoms with Gasteiger partial charge in [-0.3, -0.25) is 4.98 Å². The SMILES string of the molecule is CCNCc1cncc(Oc2ccc(CO)cc2)c1. The molecule has 0 saturated carbocycles. The predicted octanol–water partition coefficient (Wildman–Crippen LogP) is 2.48. The lowest BCUT2D eigenvalue weighted by Gasteiger charge is -2.08. The summed E-state index contributed by atoms with van der Waals surface area (Å²) in [6, 6.07) is 9.32. The van der Waals surface area contributed by atoms with Crippen LogP contribution in [0.3, 0.4) is 0 Å². The summed E-state index contributed by atoms with van der Waals surface area (Å²) in [5.74, 6) is 1.45. The molecule has 0 bridgehead atoms. The van der Waals surface area contributed by atoms with Crippen molar-refractivity contribution in [2.45, 2.75) is 20.1 Å². The van der Waals surface area contributed by atoms with E-state index in [-0.39, 0.29) is 6.61 Å². The highest BCUT2D eigenvalue weighted by Gasteiger charge is 2.00. The van der Waals surface area contributed by atoms with Gasteiger partial charge >= 0.3 is 0 Å². The molecule has 0 unspecified atom stereocenters. The molecule has 0 aliphatic rings. The predicted molar refractivity (Wildman–Crippen MR) is 74.1 cm³/mol. The molecule has 1 aromatic heterocycles. The minimum absolute atomic E-state index is 0.0417. The zero-order chi connectivity index (χ0) is 13.5. The topological polar surface area (TPSA) is 54.4 Å². The average molecular weight is 258 g/mol. The van der Waals surface area contributed by atoms with Crippen LogP contribution in [0.15, 0.2) is 42.7 Å². The van der Waals surface area contributed by atoms with Gasteiger partial charge in [-0.15, -0.1) is 0 Å². The van der Waals surface area contributed by atoms with Crippen molar-refractivity contribution in [2.24, 2.45) is 0 Å². The molecule has 0 aliphatic carbocycles. The monoisotopic (exact) mass is 258 g/mol. The Labute approximate surface area is 113 Å². The molecular weight excluding hydrogens is 240 g/mol. The molecule has 1 heterocycles. The van der Waals surface area contributed by atoms with Gasteiger partial charge in [-0.2, -0.15) is 0 Å². The number of ether oxygens (including phenoxy) is 1. The number of aliphatic hydroxyl groups is 1. The van der Waals surface area contributed by atoms with Crippen LogP contribution in [0.5, 0.6) is 11.5 Å². The van der Waals surface area contributed by atoms with E-state index in [0.717, 1.165) is 30.0 Å². The highest BCUT2D eigenvalue weighted by Crippen LogP contribution is 2.21. The first-order valence-electron chi connectivity index (χ1n) is 6.34. The lowest BCUT2D eigenvalue weighted by molar-refractivity contribution is 0.281. The molecule has 4 nitrogen and oxygen atoms in total. The first-order valence-corrected chi connectivity index (χ1v) is 6.34. The van der Waals surface area contributed by atoms with Gasteiger partial charge in [-0.05, 0) is 35.9 Å². The molecule has 4 heteroatoms. The second-order valence-corrected chi connectivity index (χ2v) is 4.21. The quantitative estimate of drug-likeness (QED) is 0.835. The van der Waals surface area contributed by atoms with Gasteiger partial charge in [0.2, 0.25) is 0 Å². The van der Waals surface area contributed by atoms with E-state index >= 15 is 0 Å². The fourth-order valence-electron chi connectivity index (χ4n) is 1.68. The van der Waals surface area contributed by atoms with E-state index < -0.39 is 0 Å². The molecule has 1 aromatic carbocycles. The molecule has 100 valence electrons. The maximum absolute atomic E-state index is 8.98. The van der Waals surface area contributed by atoms with Crippen molar-refractivity contribution < 1.29 is 9.84 Å². The number of benzene rings is 1. The third-order valence-electron chi connectivity index (χ3n) is 2.69. The van der Waals surface area contributed by atoms with E-state index in [1.54, 1.807) is 6.20 Å². The molecule has 0 radical (unpaired) electrons. The number of aromatic nitrogens is 1. The largest absolute Gasteiger partial charge is 0.456 e. The summed E-state index contributed by atoms with van der Waals surface area (Å²) in [7, 11) is 0. The number of nitrogens with zero attached hydrogens (tertiary/aromatic N) is 1. The van der Waals surface area contributed by atoms with Gasteiger partial charge in [0.05, 0.1) is 12.8 Å². The highest BCUT2D eigenvalue weighted by atomic mass is 16.5. The number of hydrogen-bond donors (Lipinski definition) is 2. The van der Waals surface area contributed by atoms with E-state index in [1.807, 2.05) is 36.5 Å². The maximum Gasteiger partial charge on any atom is 0.146 e. The third-order valence-corrected chi connectivity index (χ3v) is 2.69. The van der Waals surface area contributed by atoms with Crippen LogP contribution in [-0.4, -0.2) is 16.6 Å². The Bertz CT molecular complexity index is 512. The third kappa shape index (κ3) is 4.05. The van der Waals surface area contributed by atoms with Gasteiger partial charge in [0.1, 0.15) is 11.5 Å². The van der Waals surface area contributed by atoms with Gasteiger partial charge < -0.3 is 15.2 Å². The Morgan fingerprint density at radius 1 is 1.11 bits per heavy atom. The Kier molecular flexibility index (Phi) is 4.89. The molecular formula is C15H18N2O2. The molecule has 0 saturated heterocycles. The van der Waals surface area contributed by atoms with Crippen LogP contribution in [0.2, 0.25) is 0 Å². The number of hydrogen-bond acceptors (Lipinski definition) is 4. The van der Waals surface area contributed by atoms with Gasteiger partial charge in [0.15, 0.2) is 0 Å². The van der Waals surface area contributed by atoms with Crippen molar-refractivity contribution in [1.29, 1.82) is 0 Å². The summed E-state index contributed by atoms with van der Waals surface area (Å²) in [5.41, 5.74) is 1.96. The van der Waals surface area contributed by atoms with Crippen LogP contribution in [0, 0.1) is 0 Å². The van der Waals surface area contributed by atoms with Crippen molar-refractivity contribution in [3.63, 3.8) is 0 Å². The minimum atomic E-state index is 0.0417. The first-order chi connectivity index (χ1) is 9.31. The molecule has 2 aromatic rings. The zero-order valence-corrected chi connectivity index (χ0v) is 11.0. The van der Waals surface area contributed by atoms with Crippen molar-refractivity contribution in [2.75, 3.05) is 6.54 Å². The molecule has 0 aliphatic heterocycles. The summed E-state index contributed by atoms with van der Waals surface area (Å²) in [4.78, 5) is 4.16. The van der Waals surface area contributed by atoms with Crippen molar-refractivity contribution >= 4 is 0 Å². The van der Waals surface area contributed by atoms with Crippen molar-refractivity contribution in [3.05, 3.63) is 53.9 Å². The highest BCUT2D eigenvalue weighted by molar-refractivity contribution is 5.33. The minimum Gasteiger partial charge on any atom is -0.456 e. The van der Waals surface area contributed by atoms with Gasteiger partial charge in [0.25, 0.3) is 0 Å². The second kappa shape index (κ2) is 6.87. The Hall–Kier alpha value is -1.91.